The molecule has 0 radical (unpaired) electrons. The minimum Gasteiger partial charge on any atom is -0.486 e. The number of nitrogens with one attached hydrogen (secondary N) is 1. The third-order valence-corrected chi connectivity index (χ3v) is 1.76. The van der Waals surface area contributed by atoms with Crippen LogP contribution in [0.2, 0.25) is 0 Å². The predicted octanol–water partition coefficient (Wildman–Crippen LogP) is 0.158. The van der Waals surface area contributed by atoms with Gasteiger partial charge in [0.05, 0.1) is 13.2 Å². The molecule has 0 bridgehead atoms. The van der Waals surface area contributed by atoms with Crippen LogP contribution in [-0.4, -0.2) is 35.4 Å². The van der Waals surface area contributed by atoms with Gasteiger partial charge in [-0.3, -0.25) is 9.59 Å². The number of esters is 1. The van der Waals surface area contributed by atoms with Gasteiger partial charge in [-0.15, -0.1) is 0 Å². The molecule has 1 N–H and O–H groups in total. The van der Waals surface area contributed by atoms with E-state index in [1.165, 1.54) is 0 Å². The molecular formula is C10H12N2O5. The Morgan fingerprint density at radius 3 is 2.65 bits per heavy atom. The molecule has 7 heteroatoms. The summed E-state index contributed by atoms with van der Waals surface area (Å²) in [6, 6.07) is 0. The van der Waals surface area contributed by atoms with E-state index in [0.717, 1.165) is 0 Å². The van der Waals surface area contributed by atoms with Crippen LogP contribution in [0, 0.1) is 0 Å². The Bertz CT molecular complexity index is 480. The number of aromatic amines is 1. The molecule has 1 rings (SSSR count). The van der Waals surface area contributed by atoms with Crippen molar-refractivity contribution in [2.45, 2.75) is 13.8 Å². The predicted molar refractivity (Wildman–Crippen MR) is 57.4 cm³/mol. The number of ether oxygens (including phenoxy) is 2. The molecule has 0 unspecified atom stereocenters. The van der Waals surface area contributed by atoms with Gasteiger partial charge in [0.1, 0.15) is 0 Å². The Morgan fingerprint density at radius 1 is 1.41 bits per heavy atom. The number of carbonyl (C=O) groups is 2. The lowest BCUT2D eigenvalue weighted by molar-refractivity contribution is 0.0513. The number of hydrogen-bond acceptors (Lipinski definition) is 6. The van der Waals surface area contributed by atoms with E-state index < -0.39 is 11.5 Å². The highest BCUT2D eigenvalue weighted by Gasteiger charge is 2.20. The van der Waals surface area contributed by atoms with Crippen LogP contribution >= 0.6 is 0 Å². The number of aromatic nitrogens is 2. The molecule has 0 aromatic carbocycles. The van der Waals surface area contributed by atoms with Crippen LogP contribution in [0.3, 0.4) is 0 Å². The third kappa shape index (κ3) is 2.90. The first-order valence-corrected chi connectivity index (χ1v) is 5.03. The summed E-state index contributed by atoms with van der Waals surface area (Å²) < 4.78 is 9.73. The Morgan fingerprint density at radius 2 is 2.12 bits per heavy atom. The second-order valence-electron chi connectivity index (χ2n) is 2.90. The maximum Gasteiger partial charge on any atom is 0.361 e. The minimum atomic E-state index is -0.801. The molecule has 1 heterocycles. The van der Waals surface area contributed by atoms with Gasteiger partial charge >= 0.3 is 5.97 Å². The van der Waals surface area contributed by atoms with Crippen molar-refractivity contribution in [3.8, 4) is 5.75 Å². The highest BCUT2D eigenvalue weighted by atomic mass is 16.5. The van der Waals surface area contributed by atoms with E-state index in [1.807, 2.05) is 0 Å². The Labute approximate surface area is 96.8 Å². The fourth-order valence-electron chi connectivity index (χ4n) is 1.15. The number of aldehydes is 1. The van der Waals surface area contributed by atoms with E-state index in [1.54, 1.807) is 13.8 Å². The molecule has 0 amide bonds. The van der Waals surface area contributed by atoms with E-state index in [-0.39, 0.29) is 30.5 Å². The van der Waals surface area contributed by atoms with Crippen molar-refractivity contribution in [1.29, 1.82) is 0 Å². The summed E-state index contributed by atoms with van der Waals surface area (Å²) in [4.78, 5) is 39.4. The van der Waals surface area contributed by atoms with Crippen molar-refractivity contribution >= 4 is 12.3 Å². The standard InChI is InChI=1S/C10H12N2O5/c1-3-16-8-7(10(15)17-4-2)11-6(5-13)12-9(8)14/h5H,3-4H2,1-2H3,(H,11,12,14). The summed E-state index contributed by atoms with van der Waals surface area (Å²) in [5.74, 6) is -1.29. The Kier molecular flexibility index (Phi) is 4.38. The van der Waals surface area contributed by atoms with Gasteiger partial charge in [-0.2, -0.15) is 0 Å². The molecule has 0 fully saturated rings. The van der Waals surface area contributed by atoms with Crippen LogP contribution in [-0.2, 0) is 4.74 Å². The first kappa shape index (κ1) is 12.9. The lowest BCUT2D eigenvalue weighted by atomic mass is 10.3. The van der Waals surface area contributed by atoms with Crippen molar-refractivity contribution in [1.82, 2.24) is 9.97 Å². The summed E-state index contributed by atoms with van der Waals surface area (Å²) >= 11 is 0. The minimum absolute atomic E-state index is 0.134. The summed E-state index contributed by atoms with van der Waals surface area (Å²) in [5, 5.41) is 0. The van der Waals surface area contributed by atoms with Gasteiger partial charge < -0.3 is 14.5 Å². The largest absolute Gasteiger partial charge is 0.486 e. The van der Waals surface area contributed by atoms with E-state index in [0.29, 0.717) is 6.29 Å². The van der Waals surface area contributed by atoms with Gasteiger partial charge in [-0.1, -0.05) is 0 Å². The SMILES string of the molecule is CCOC(=O)c1nc(C=O)[nH]c(=O)c1OCC. The number of H-pyrrole nitrogens is 1. The zero-order valence-electron chi connectivity index (χ0n) is 9.48. The second kappa shape index (κ2) is 5.78. The summed E-state index contributed by atoms with van der Waals surface area (Å²) in [6.07, 6.45) is 0.333. The highest BCUT2D eigenvalue weighted by Crippen LogP contribution is 2.11. The molecule has 1 aromatic rings. The zero-order valence-corrected chi connectivity index (χ0v) is 9.48. The summed E-state index contributed by atoms with van der Waals surface area (Å²) in [5.41, 5.74) is -0.980. The fraction of sp³-hybridized carbons (Fsp3) is 0.400. The van der Waals surface area contributed by atoms with Gasteiger partial charge in [-0.25, -0.2) is 9.78 Å². The van der Waals surface area contributed by atoms with Crippen LogP contribution in [0.15, 0.2) is 4.79 Å². The van der Waals surface area contributed by atoms with Crippen molar-refractivity contribution < 1.29 is 19.1 Å². The van der Waals surface area contributed by atoms with Gasteiger partial charge in [0.2, 0.25) is 5.75 Å². The van der Waals surface area contributed by atoms with Crippen molar-refractivity contribution in [2.24, 2.45) is 0 Å². The topological polar surface area (TPSA) is 98.4 Å². The second-order valence-corrected chi connectivity index (χ2v) is 2.90. The fourth-order valence-corrected chi connectivity index (χ4v) is 1.15. The normalized spacial score (nSPS) is 9.76. The maximum atomic E-state index is 11.5. The quantitative estimate of drug-likeness (QED) is 0.581. The lowest BCUT2D eigenvalue weighted by Gasteiger charge is -2.07. The molecule has 0 saturated heterocycles. The van der Waals surface area contributed by atoms with Crippen molar-refractivity contribution in [3.63, 3.8) is 0 Å². The number of rotatable bonds is 5. The van der Waals surface area contributed by atoms with Crippen molar-refractivity contribution in [2.75, 3.05) is 13.2 Å². The molecule has 0 aliphatic rings. The molecule has 0 aliphatic carbocycles. The summed E-state index contributed by atoms with van der Waals surface area (Å²) in [6.45, 7) is 3.60. The number of carbonyl (C=O) groups excluding carboxylic acids is 2. The van der Waals surface area contributed by atoms with E-state index >= 15 is 0 Å². The third-order valence-electron chi connectivity index (χ3n) is 1.76. The van der Waals surface area contributed by atoms with Gasteiger partial charge in [-0.05, 0) is 13.8 Å². The zero-order chi connectivity index (χ0) is 12.8. The van der Waals surface area contributed by atoms with E-state index in [9.17, 15) is 14.4 Å². The average molecular weight is 240 g/mol. The lowest BCUT2D eigenvalue weighted by Crippen LogP contribution is -2.21. The number of hydrogen-bond donors (Lipinski definition) is 1. The monoisotopic (exact) mass is 240 g/mol. The molecule has 0 atom stereocenters. The molecule has 1 aromatic heterocycles. The van der Waals surface area contributed by atoms with Crippen molar-refractivity contribution in [3.05, 3.63) is 21.9 Å². The Balaban J connectivity index is 3.31. The molecule has 0 aliphatic heterocycles. The van der Waals surface area contributed by atoms with E-state index in [2.05, 4.69) is 9.97 Å². The van der Waals surface area contributed by atoms with Gasteiger partial charge in [0.25, 0.3) is 5.56 Å². The van der Waals surface area contributed by atoms with Gasteiger partial charge in [0, 0.05) is 0 Å². The molecule has 0 saturated carbocycles. The van der Waals surface area contributed by atoms with E-state index in [4.69, 9.17) is 9.47 Å². The maximum absolute atomic E-state index is 11.5. The molecule has 7 nitrogen and oxygen atoms in total. The first-order chi connectivity index (χ1) is 8.13. The Hall–Kier alpha value is -2.18. The van der Waals surface area contributed by atoms with Gasteiger partial charge in [0.15, 0.2) is 17.8 Å². The van der Waals surface area contributed by atoms with Crippen LogP contribution in [0.1, 0.15) is 35.0 Å². The molecular weight excluding hydrogens is 228 g/mol. The highest BCUT2D eigenvalue weighted by molar-refractivity contribution is 5.90. The number of nitrogens with zero attached hydrogens (tertiary/aromatic N) is 1. The average Bonchev–Trinajstić information content (AvgIpc) is 2.31. The first-order valence-electron chi connectivity index (χ1n) is 5.03. The summed E-state index contributed by atoms with van der Waals surface area (Å²) in [7, 11) is 0. The molecule has 17 heavy (non-hydrogen) atoms. The molecule has 92 valence electrons. The molecule has 0 spiro atoms. The van der Waals surface area contributed by atoms with Crippen LogP contribution < -0.4 is 10.3 Å². The van der Waals surface area contributed by atoms with Crippen LogP contribution in [0.5, 0.6) is 5.75 Å². The van der Waals surface area contributed by atoms with Crippen LogP contribution in [0.4, 0.5) is 0 Å². The van der Waals surface area contributed by atoms with Crippen LogP contribution in [0.25, 0.3) is 0 Å². The smallest absolute Gasteiger partial charge is 0.361 e.